The molecule has 0 aliphatic carbocycles. The average Bonchev–Trinajstić information content (AvgIpc) is 3.77. The van der Waals surface area contributed by atoms with Crippen LogP contribution in [0.1, 0.15) is 39.6 Å². The van der Waals surface area contributed by atoms with E-state index in [4.69, 9.17) is 16.3 Å². The van der Waals surface area contributed by atoms with Crippen molar-refractivity contribution >= 4 is 63.3 Å². The van der Waals surface area contributed by atoms with Crippen LogP contribution in [0.25, 0.3) is 0 Å². The van der Waals surface area contributed by atoms with Gasteiger partial charge in [0.25, 0.3) is 11.8 Å². The van der Waals surface area contributed by atoms with Gasteiger partial charge in [0.05, 0.1) is 0 Å². The summed E-state index contributed by atoms with van der Waals surface area (Å²) >= 11 is 8.74. The van der Waals surface area contributed by atoms with Crippen LogP contribution in [-0.2, 0) is 29.5 Å². The molecule has 5 aromatic carbocycles. The number of esters is 1. The van der Waals surface area contributed by atoms with Gasteiger partial charge in [-0.25, -0.2) is 9.78 Å². The van der Waals surface area contributed by atoms with E-state index in [0.29, 0.717) is 10.7 Å². The van der Waals surface area contributed by atoms with Gasteiger partial charge in [-0.3, -0.25) is 14.5 Å². The van der Waals surface area contributed by atoms with Crippen LogP contribution in [0, 0.1) is 0 Å². The van der Waals surface area contributed by atoms with Crippen LogP contribution in [0.5, 0.6) is 0 Å². The largest absolute Gasteiger partial charge is 0.448 e. The Balaban J connectivity index is 1.05. The molecule has 308 valence electrons. The van der Waals surface area contributed by atoms with Crippen molar-refractivity contribution < 1.29 is 32.7 Å². The number of rotatable bonds is 15. The minimum absolute atomic E-state index is 0.00464. The van der Waals surface area contributed by atoms with E-state index >= 15 is 0 Å². The van der Waals surface area contributed by atoms with Gasteiger partial charge in [0.2, 0.25) is 0 Å². The molecule has 2 aliphatic heterocycles. The lowest BCUT2D eigenvalue weighted by atomic mass is 9.77. The molecular weight excluding hydrogens is 840 g/mol. The number of hydrogen-bond donors (Lipinski definition) is 2. The summed E-state index contributed by atoms with van der Waals surface area (Å²) in [5.74, 6) is -2.15. The molecule has 1 fully saturated rings. The number of benzene rings is 5. The number of thioether (sulfide) groups is 1. The van der Waals surface area contributed by atoms with Crippen molar-refractivity contribution in [2.24, 2.45) is 5.16 Å². The number of anilines is 1. The van der Waals surface area contributed by atoms with Crippen molar-refractivity contribution in [2.45, 2.75) is 29.7 Å². The second-order valence-corrected chi connectivity index (χ2v) is 16.1. The van der Waals surface area contributed by atoms with Crippen molar-refractivity contribution in [1.29, 1.82) is 0 Å². The van der Waals surface area contributed by atoms with E-state index < -0.39 is 53.2 Å². The summed E-state index contributed by atoms with van der Waals surface area (Å²) in [7, 11) is 0. The molecule has 1 aromatic heterocycles. The van der Waals surface area contributed by atoms with Crippen LogP contribution in [0.4, 0.5) is 13.9 Å². The Bertz CT molecular complexity index is 2420. The second-order valence-electron chi connectivity index (χ2n) is 13.9. The third-order valence-electron chi connectivity index (χ3n) is 10.2. The summed E-state index contributed by atoms with van der Waals surface area (Å²) in [5, 5.41) is 10.8. The van der Waals surface area contributed by atoms with E-state index in [9.17, 15) is 23.2 Å². The number of hydrogen-bond acceptors (Lipinski definition) is 10. The van der Waals surface area contributed by atoms with Crippen molar-refractivity contribution in [2.75, 3.05) is 16.9 Å². The Morgan fingerprint density at radius 1 is 0.820 bits per heavy atom. The highest BCUT2D eigenvalue weighted by atomic mass is 35.5. The van der Waals surface area contributed by atoms with Gasteiger partial charge in [-0.05, 0) is 33.4 Å². The predicted octanol–water partition coefficient (Wildman–Crippen LogP) is 8.72. The zero-order valence-electron chi connectivity index (χ0n) is 32.1. The lowest BCUT2D eigenvalue weighted by Crippen LogP contribution is -2.71. The van der Waals surface area contributed by atoms with Gasteiger partial charge in [-0.15, -0.1) is 34.7 Å². The van der Waals surface area contributed by atoms with Crippen LogP contribution in [-0.4, -0.2) is 63.0 Å². The average molecular weight is 876 g/mol. The van der Waals surface area contributed by atoms with Crippen LogP contribution in [0.15, 0.2) is 173 Å². The number of nitrogens with zero attached hydrogens (tertiary/aromatic N) is 3. The fourth-order valence-corrected chi connectivity index (χ4v) is 9.84. The maximum atomic E-state index is 14.1. The first-order chi connectivity index (χ1) is 29.8. The summed E-state index contributed by atoms with van der Waals surface area (Å²) in [6, 6.07) is 46.5. The molecule has 2 N–H and O–H groups in total. The normalized spacial score (nSPS) is 16.5. The number of amides is 2. The van der Waals surface area contributed by atoms with Crippen LogP contribution < -0.4 is 10.6 Å². The summed E-state index contributed by atoms with van der Waals surface area (Å²) in [6.45, 7) is -3.35. The van der Waals surface area contributed by atoms with Crippen LogP contribution >= 0.6 is 34.7 Å². The first kappa shape index (κ1) is 41.4. The van der Waals surface area contributed by atoms with E-state index in [1.807, 2.05) is 152 Å². The second kappa shape index (κ2) is 18.5. The first-order valence-electron chi connectivity index (χ1n) is 19.1. The molecule has 3 heterocycles. The number of aromatic nitrogens is 1. The highest BCUT2D eigenvalue weighted by Gasteiger charge is 2.55. The van der Waals surface area contributed by atoms with E-state index in [1.54, 1.807) is 0 Å². The Kier molecular flexibility index (Phi) is 12.6. The molecule has 2 aliphatic rings. The number of carbonyl (C=O) groups excluding carboxylic acids is 3. The predicted molar refractivity (Wildman–Crippen MR) is 232 cm³/mol. The molecular formula is C46H36ClF2N5O5S2. The van der Waals surface area contributed by atoms with E-state index in [-0.39, 0.29) is 23.0 Å². The number of fused-ring (bicyclic) bond motifs is 1. The zero-order chi connectivity index (χ0) is 42.3. The Labute approximate surface area is 363 Å². The highest BCUT2D eigenvalue weighted by Crippen LogP contribution is 2.43. The molecule has 2 atom stereocenters. The molecule has 15 heteroatoms. The zero-order valence-corrected chi connectivity index (χ0v) is 34.5. The molecule has 0 bridgehead atoms. The number of oxime groups is 1. The van der Waals surface area contributed by atoms with Crippen molar-refractivity contribution in [3.63, 3.8) is 0 Å². The lowest BCUT2D eigenvalue weighted by molar-refractivity contribution is -0.154. The monoisotopic (exact) mass is 875 g/mol. The molecule has 0 spiro atoms. The molecule has 2 amide bonds. The smallest absolute Gasteiger partial charge is 0.407 e. The third-order valence-corrected chi connectivity index (χ3v) is 12.6. The Hall–Kier alpha value is -6.35. The Morgan fingerprint density at radius 2 is 1.33 bits per heavy atom. The van der Waals surface area contributed by atoms with Gasteiger partial charge in [0.1, 0.15) is 28.3 Å². The van der Waals surface area contributed by atoms with Crippen LogP contribution in [0.2, 0.25) is 0 Å². The van der Waals surface area contributed by atoms with Crippen molar-refractivity contribution in [3.8, 4) is 0 Å². The molecule has 0 saturated carbocycles. The Morgan fingerprint density at radius 3 is 1.82 bits per heavy atom. The van der Waals surface area contributed by atoms with E-state index in [2.05, 4.69) is 25.6 Å². The topological polar surface area (TPSA) is 122 Å². The minimum atomic E-state index is -3.35. The molecule has 0 radical (unpaired) electrons. The molecule has 61 heavy (non-hydrogen) atoms. The van der Waals surface area contributed by atoms with E-state index in [0.717, 1.165) is 39.2 Å². The van der Waals surface area contributed by atoms with Crippen LogP contribution in [0.3, 0.4) is 0 Å². The van der Waals surface area contributed by atoms with E-state index in [1.165, 1.54) is 22.0 Å². The first-order valence-corrected chi connectivity index (χ1v) is 21.5. The molecule has 2 unspecified atom stereocenters. The van der Waals surface area contributed by atoms with Crippen molar-refractivity contribution in [1.82, 2.24) is 15.2 Å². The SMILES string of the molecule is O=C(OC(c1ccccc1)c1ccccc1)C1=C(CCl)CSC2C(NC(=O)/C(=N\OC(F)F)c3csc(NC(c4ccccc4)(c4ccccc4)c4ccccc4)n3)C(=O)N12. The number of ether oxygens (including phenoxy) is 1. The van der Waals surface area contributed by atoms with Gasteiger partial charge in [0, 0.05) is 17.0 Å². The van der Waals surface area contributed by atoms with Gasteiger partial charge in [-0.2, -0.15) is 8.78 Å². The summed E-state index contributed by atoms with van der Waals surface area (Å²) in [5.41, 5.74) is 2.96. The third kappa shape index (κ3) is 8.51. The fraction of sp³-hybridized carbons (Fsp3) is 0.152. The molecule has 10 nitrogen and oxygen atoms in total. The number of alkyl halides is 3. The molecule has 6 aromatic rings. The van der Waals surface area contributed by atoms with Gasteiger partial charge in [0.15, 0.2) is 16.9 Å². The fourth-order valence-electron chi connectivity index (χ4n) is 7.41. The number of thiazole rings is 1. The minimum Gasteiger partial charge on any atom is -0.448 e. The standard InChI is InChI=1S/C46H36ClF2N5O5S2/c47-26-31-27-60-42-37(41(56)54(42)38(31)43(57)58-39(29-16-6-1-7-17-29)30-18-8-2-9-19-30)51-40(55)36(53-59-44(48)49)35-28-61-45(50-35)52-46(32-20-10-3-11-21-32,33-22-12-4-13-23-33)34-24-14-5-15-25-34/h1-25,28,37,39,42,44H,26-27H2,(H,50,52)(H,51,55)/b53-36-. The number of nitrogens with one attached hydrogen (secondary N) is 2. The van der Waals surface area contributed by atoms with Crippen molar-refractivity contribution in [3.05, 3.63) is 202 Å². The number of carbonyl (C=O) groups is 3. The summed E-state index contributed by atoms with van der Waals surface area (Å²) in [4.78, 5) is 52.2. The van der Waals surface area contributed by atoms with Gasteiger partial charge in [-0.1, -0.05) is 157 Å². The number of β-lactam (4-membered cyclic amide) rings is 1. The molecule has 1 saturated heterocycles. The maximum Gasteiger partial charge on any atom is 0.407 e. The quantitative estimate of drug-likeness (QED) is 0.0263. The van der Waals surface area contributed by atoms with Gasteiger partial charge >= 0.3 is 12.6 Å². The maximum absolute atomic E-state index is 14.1. The summed E-state index contributed by atoms with van der Waals surface area (Å²) in [6.07, 6.45) is -0.789. The van der Waals surface area contributed by atoms with Gasteiger partial charge < -0.3 is 20.2 Å². The highest BCUT2D eigenvalue weighted by molar-refractivity contribution is 8.00. The lowest BCUT2D eigenvalue weighted by Gasteiger charge is -2.49. The molecule has 8 rings (SSSR count). The number of halogens is 3. The summed E-state index contributed by atoms with van der Waals surface area (Å²) < 4.78 is 33.1.